The maximum absolute atomic E-state index is 13.4. The number of hydrogen-bond acceptors (Lipinski definition) is 4. The zero-order chi connectivity index (χ0) is 13.5. The lowest BCUT2D eigenvalue weighted by Crippen LogP contribution is -2.34. The van der Waals surface area contributed by atoms with Crippen LogP contribution in [0.25, 0.3) is 0 Å². The van der Waals surface area contributed by atoms with Gasteiger partial charge in [-0.05, 0) is 24.6 Å². The molecule has 1 unspecified atom stereocenters. The summed E-state index contributed by atoms with van der Waals surface area (Å²) < 4.78 is 18.2. The molecule has 3 nitrogen and oxygen atoms in total. The number of hydrogen-bond donors (Lipinski definition) is 1. The van der Waals surface area contributed by atoms with Crippen molar-refractivity contribution in [2.24, 2.45) is 5.73 Å². The van der Waals surface area contributed by atoms with Gasteiger partial charge in [-0.1, -0.05) is 17.7 Å². The highest BCUT2D eigenvalue weighted by Gasteiger charge is 2.14. The van der Waals surface area contributed by atoms with E-state index in [0.29, 0.717) is 28.7 Å². The van der Waals surface area contributed by atoms with Crippen LogP contribution in [0.4, 0.5) is 4.39 Å². The van der Waals surface area contributed by atoms with E-state index in [-0.39, 0.29) is 5.82 Å². The molecule has 1 aromatic rings. The maximum Gasteiger partial charge on any atom is 0.323 e. The van der Waals surface area contributed by atoms with Crippen molar-refractivity contribution in [2.45, 2.75) is 18.7 Å². The van der Waals surface area contributed by atoms with Crippen molar-refractivity contribution < 1.29 is 13.9 Å². The molecule has 0 radical (unpaired) electrons. The van der Waals surface area contributed by atoms with Gasteiger partial charge in [-0.2, -0.15) is 11.8 Å². The van der Waals surface area contributed by atoms with Crippen molar-refractivity contribution in [3.63, 3.8) is 0 Å². The Morgan fingerprint density at radius 1 is 1.61 bits per heavy atom. The van der Waals surface area contributed by atoms with Gasteiger partial charge < -0.3 is 10.5 Å². The molecular weight excluding hydrogens is 277 g/mol. The highest BCUT2D eigenvalue weighted by atomic mass is 35.5. The Bertz CT molecular complexity index is 417. The SMILES string of the molecule is CCOC(=O)C(N)CSCc1ccc(Cl)cc1F. The van der Waals surface area contributed by atoms with Crippen LogP contribution in [0.1, 0.15) is 12.5 Å². The van der Waals surface area contributed by atoms with Crippen LogP contribution in [-0.2, 0) is 15.3 Å². The van der Waals surface area contributed by atoms with Gasteiger partial charge in [0.2, 0.25) is 0 Å². The molecular formula is C12H15ClFNO2S. The molecule has 18 heavy (non-hydrogen) atoms. The first-order valence-electron chi connectivity index (χ1n) is 5.48. The molecule has 0 aliphatic carbocycles. The second-order valence-corrected chi connectivity index (χ2v) is 5.08. The van der Waals surface area contributed by atoms with Gasteiger partial charge >= 0.3 is 5.97 Å². The Labute approximate surface area is 115 Å². The number of carbonyl (C=O) groups is 1. The van der Waals surface area contributed by atoms with E-state index in [1.54, 1.807) is 19.1 Å². The largest absolute Gasteiger partial charge is 0.465 e. The predicted octanol–water partition coefficient (Wildman–Crippen LogP) is 2.60. The summed E-state index contributed by atoms with van der Waals surface area (Å²) in [6, 6.07) is 3.85. The molecule has 1 rings (SSSR count). The third kappa shape index (κ3) is 4.84. The lowest BCUT2D eigenvalue weighted by molar-refractivity contribution is -0.144. The highest BCUT2D eigenvalue weighted by Crippen LogP contribution is 2.19. The van der Waals surface area contributed by atoms with Crippen molar-refractivity contribution in [3.05, 3.63) is 34.6 Å². The van der Waals surface area contributed by atoms with Crippen molar-refractivity contribution in [1.29, 1.82) is 0 Å². The summed E-state index contributed by atoms with van der Waals surface area (Å²) in [7, 11) is 0. The number of benzene rings is 1. The topological polar surface area (TPSA) is 52.3 Å². The Balaban J connectivity index is 2.39. The minimum absolute atomic E-state index is 0.309. The van der Waals surface area contributed by atoms with Gasteiger partial charge in [0.1, 0.15) is 11.9 Å². The monoisotopic (exact) mass is 291 g/mol. The number of halogens is 2. The van der Waals surface area contributed by atoms with Crippen LogP contribution in [0, 0.1) is 5.82 Å². The van der Waals surface area contributed by atoms with Crippen LogP contribution in [0.5, 0.6) is 0 Å². The minimum atomic E-state index is -0.676. The maximum atomic E-state index is 13.4. The van der Waals surface area contributed by atoms with Crippen LogP contribution in [0.3, 0.4) is 0 Å². The quantitative estimate of drug-likeness (QED) is 0.819. The Morgan fingerprint density at radius 2 is 2.33 bits per heavy atom. The predicted molar refractivity (Wildman–Crippen MR) is 72.2 cm³/mol. The minimum Gasteiger partial charge on any atom is -0.465 e. The zero-order valence-electron chi connectivity index (χ0n) is 9.99. The third-order valence-electron chi connectivity index (χ3n) is 2.16. The Morgan fingerprint density at radius 3 is 2.94 bits per heavy atom. The molecule has 0 aliphatic heterocycles. The first kappa shape index (κ1) is 15.3. The summed E-state index contributed by atoms with van der Waals surface area (Å²) >= 11 is 7.03. The van der Waals surface area contributed by atoms with Gasteiger partial charge in [0.15, 0.2) is 0 Å². The molecule has 0 saturated carbocycles. The van der Waals surface area contributed by atoms with Crippen molar-refractivity contribution in [2.75, 3.05) is 12.4 Å². The molecule has 0 spiro atoms. The summed E-state index contributed by atoms with van der Waals surface area (Å²) in [5.74, 6) is 0.0538. The van der Waals surface area contributed by atoms with E-state index in [9.17, 15) is 9.18 Å². The number of esters is 1. The molecule has 0 saturated heterocycles. The van der Waals surface area contributed by atoms with E-state index in [1.807, 2.05) is 0 Å². The molecule has 1 aromatic carbocycles. The summed E-state index contributed by atoms with van der Waals surface area (Å²) in [5, 5.41) is 0.365. The molecule has 0 heterocycles. The van der Waals surface area contributed by atoms with E-state index in [4.69, 9.17) is 22.1 Å². The molecule has 0 amide bonds. The van der Waals surface area contributed by atoms with E-state index in [1.165, 1.54) is 17.8 Å². The van der Waals surface area contributed by atoms with E-state index in [2.05, 4.69) is 0 Å². The van der Waals surface area contributed by atoms with E-state index in [0.717, 1.165) is 0 Å². The summed E-state index contributed by atoms with van der Waals surface area (Å²) in [6.45, 7) is 2.03. The smallest absolute Gasteiger partial charge is 0.323 e. The highest BCUT2D eigenvalue weighted by molar-refractivity contribution is 7.98. The van der Waals surface area contributed by atoms with Gasteiger partial charge in [0.25, 0.3) is 0 Å². The molecule has 6 heteroatoms. The van der Waals surface area contributed by atoms with Crippen LogP contribution < -0.4 is 5.73 Å². The molecule has 100 valence electrons. The van der Waals surface area contributed by atoms with Crippen LogP contribution in [0.15, 0.2) is 18.2 Å². The normalized spacial score (nSPS) is 12.2. The number of rotatable bonds is 6. The second kappa shape index (κ2) is 7.61. The van der Waals surface area contributed by atoms with Gasteiger partial charge in [0.05, 0.1) is 6.61 Å². The summed E-state index contributed by atoms with van der Waals surface area (Å²) in [6.07, 6.45) is 0. The first-order valence-corrected chi connectivity index (χ1v) is 7.01. The zero-order valence-corrected chi connectivity index (χ0v) is 11.6. The number of carbonyl (C=O) groups excluding carboxylic acids is 1. The van der Waals surface area contributed by atoms with Crippen molar-refractivity contribution in [3.8, 4) is 0 Å². The Hall–Kier alpha value is -0.780. The molecule has 0 fully saturated rings. The van der Waals surface area contributed by atoms with Crippen LogP contribution in [0.2, 0.25) is 5.02 Å². The third-order valence-corrected chi connectivity index (χ3v) is 3.50. The lowest BCUT2D eigenvalue weighted by atomic mass is 10.2. The van der Waals surface area contributed by atoms with E-state index < -0.39 is 12.0 Å². The van der Waals surface area contributed by atoms with Gasteiger partial charge in [-0.15, -0.1) is 0 Å². The van der Waals surface area contributed by atoms with Crippen molar-refractivity contribution >= 4 is 29.3 Å². The first-order chi connectivity index (χ1) is 8.54. The number of nitrogens with two attached hydrogens (primary N) is 1. The fourth-order valence-corrected chi connectivity index (χ4v) is 2.37. The molecule has 0 aliphatic rings. The number of ether oxygens (including phenoxy) is 1. The standard InChI is InChI=1S/C12H15ClFNO2S/c1-2-17-12(16)11(15)7-18-6-8-3-4-9(13)5-10(8)14/h3-5,11H,2,6-7,15H2,1H3. The fourth-order valence-electron chi connectivity index (χ4n) is 1.25. The molecule has 2 N–H and O–H groups in total. The second-order valence-electron chi connectivity index (χ2n) is 3.61. The van der Waals surface area contributed by atoms with Gasteiger partial charge in [0, 0.05) is 16.5 Å². The van der Waals surface area contributed by atoms with E-state index >= 15 is 0 Å². The average molecular weight is 292 g/mol. The van der Waals surface area contributed by atoms with Gasteiger partial charge in [-0.3, -0.25) is 4.79 Å². The lowest BCUT2D eigenvalue weighted by Gasteiger charge is -2.10. The summed E-state index contributed by atoms with van der Waals surface area (Å²) in [4.78, 5) is 11.2. The molecule has 1 atom stereocenters. The van der Waals surface area contributed by atoms with Crippen LogP contribution in [-0.4, -0.2) is 24.4 Å². The molecule has 0 aromatic heterocycles. The molecule has 0 bridgehead atoms. The van der Waals surface area contributed by atoms with Crippen molar-refractivity contribution in [1.82, 2.24) is 0 Å². The van der Waals surface area contributed by atoms with Crippen LogP contribution >= 0.6 is 23.4 Å². The summed E-state index contributed by atoms with van der Waals surface area (Å²) in [5.41, 5.74) is 6.16. The average Bonchev–Trinajstić information content (AvgIpc) is 2.32. The Kier molecular flexibility index (Phi) is 6.46. The fraction of sp³-hybridized carbons (Fsp3) is 0.417. The number of thioether (sulfide) groups is 1. The van der Waals surface area contributed by atoms with Gasteiger partial charge in [-0.25, -0.2) is 4.39 Å².